The van der Waals surface area contributed by atoms with E-state index in [2.05, 4.69) is 22.2 Å². The van der Waals surface area contributed by atoms with Crippen LogP contribution in [0.1, 0.15) is 18.5 Å². The molecular weight excluding hydrogens is 214 g/mol. The lowest BCUT2D eigenvalue weighted by atomic mass is 10.1. The number of nitrogens with one attached hydrogen (secondary N) is 1. The van der Waals surface area contributed by atoms with Crippen molar-refractivity contribution in [3.8, 4) is 5.88 Å². The summed E-state index contributed by atoms with van der Waals surface area (Å²) in [7, 11) is 1.61. The number of ether oxygens (including phenoxy) is 1. The highest BCUT2D eigenvalue weighted by molar-refractivity contribution is 5.53. The number of nitrogens with zero attached hydrogens (tertiary/aromatic N) is 2. The maximum atomic E-state index is 5.19. The summed E-state index contributed by atoms with van der Waals surface area (Å²) in [5, 5.41) is 3.35. The Balaban J connectivity index is 2.16. The molecule has 2 aromatic rings. The maximum Gasteiger partial charge on any atom is 0.237 e. The van der Waals surface area contributed by atoms with Gasteiger partial charge in [-0.3, -0.25) is 4.98 Å². The van der Waals surface area contributed by atoms with E-state index in [-0.39, 0.29) is 6.04 Å². The van der Waals surface area contributed by atoms with Crippen molar-refractivity contribution in [3.63, 3.8) is 0 Å². The van der Waals surface area contributed by atoms with Crippen LogP contribution in [-0.4, -0.2) is 17.1 Å². The molecule has 0 fully saturated rings. The Hall–Kier alpha value is -2.10. The molecule has 0 saturated carbocycles. The molecule has 1 atom stereocenters. The summed E-state index contributed by atoms with van der Waals surface area (Å²) in [4.78, 5) is 8.25. The molecule has 2 aromatic heterocycles. The highest BCUT2D eigenvalue weighted by Gasteiger charge is 2.08. The Morgan fingerprint density at radius 1 is 1.24 bits per heavy atom. The molecule has 0 aliphatic heterocycles. The van der Waals surface area contributed by atoms with Crippen molar-refractivity contribution in [3.05, 3.63) is 48.4 Å². The molecule has 1 N–H and O–H groups in total. The fraction of sp³-hybridized carbons (Fsp3) is 0.231. The van der Waals surface area contributed by atoms with Gasteiger partial charge in [-0.1, -0.05) is 6.07 Å². The molecule has 17 heavy (non-hydrogen) atoms. The number of rotatable bonds is 4. The van der Waals surface area contributed by atoms with E-state index in [1.807, 2.05) is 30.5 Å². The summed E-state index contributed by atoms with van der Waals surface area (Å²) in [5.74, 6) is 0.600. The molecule has 0 spiro atoms. The van der Waals surface area contributed by atoms with Crippen molar-refractivity contribution in [1.29, 1.82) is 0 Å². The Labute approximate surface area is 101 Å². The summed E-state index contributed by atoms with van der Waals surface area (Å²) >= 11 is 0. The third-order valence-electron chi connectivity index (χ3n) is 2.52. The van der Waals surface area contributed by atoms with Gasteiger partial charge in [0.15, 0.2) is 0 Å². The Bertz CT molecular complexity index is 473. The SMILES string of the molecule is COc1ncccc1NC(C)c1cccnc1. The molecular formula is C13H15N3O. The average Bonchev–Trinajstić information content (AvgIpc) is 2.40. The molecule has 0 bridgehead atoms. The quantitative estimate of drug-likeness (QED) is 0.875. The monoisotopic (exact) mass is 229 g/mol. The predicted octanol–water partition coefficient (Wildman–Crippen LogP) is 2.66. The number of hydrogen-bond acceptors (Lipinski definition) is 4. The topological polar surface area (TPSA) is 47.0 Å². The van der Waals surface area contributed by atoms with E-state index in [9.17, 15) is 0 Å². The molecule has 0 aliphatic rings. The van der Waals surface area contributed by atoms with Crippen LogP contribution in [0.5, 0.6) is 5.88 Å². The lowest BCUT2D eigenvalue weighted by Gasteiger charge is -2.16. The first-order valence-corrected chi connectivity index (χ1v) is 5.46. The molecule has 4 heteroatoms. The molecule has 0 aromatic carbocycles. The van der Waals surface area contributed by atoms with Crippen LogP contribution in [0.15, 0.2) is 42.9 Å². The zero-order chi connectivity index (χ0) is 12.1. The van der Waals surface area contributed by atoms with E-state index < -0.39 is 0 Å². The van der Waals surface area contributed by atoms with Crippen molar-refractivity contribution in [1.82, 2.24) is 9.97 Å². The first-order chi connectivity index (χ1) is 8.31. The van der Waals surface area contributed by atoms with Crippen molar-refractivity contribution < 1.29 is 4.74 Å². The highest BCUT2D eigenvalue weighted by Crippen LogP contribution is 2.25. The average molecular weight is 229 g/mol. The van der Waals surface area contributed by atoms with E-state index in [0.717, 1.165) is 11.3 Å². The second-order valence-corrected chi connectivity index (χ2v) is 3.71. The summed E-state index contributed by atoms with van der Waals surface area (Å²) in [6.45, 7) is 2.07. The Kier molecular flexibility index (Phi) is 3.55. The van der Waals surface area contributed by atoms with E-state index in [1.165, 1.54) is 0 Å². The van der Waals surface area contributed by atoms with Crippen molar-refractivity contribution in [2.24, 2.45) is 0 Å². The largest absolute Gasteiger partial charge is 0.480 e. The van der Waals surface area contributed by atoms with Gasteiger partial charge in [0.25, 0.3) is 0 Å². The van der Waals surface area contributed by atoms with Gasteiger partial charge in [-0.15, -0.1) is 0 Å². The van der Waals surface area contributed by atoms with E-state index >= 15 is 0 Å². The molecule has 0 aliphatic carbocycles. The van der Waals surface area contributed by atoms with Crippen LogP contribution in [0.3, 0.4) is 0 Å². The number of hydrogen-bond donors (Lipinski definition) is 1. The number of methoxy groups -OCH3 is 1. The van der Waals surface area contributed by atoms with E-state index in [0.29, 0.717) is 5.88 Å². The number of anilines is 1. The minimum atomic E-state index is 0.154. The van der Waals surface area contributed by atoms with Crippen LogP contribution < -0.4 is 10.1 Å². The van der Waals surface area contributed by atoms with E-state index in [4.69, 9.17) is 4.74 Å². The predicted molar refractivity (Wildman–Crippen MR) is 67.1 cm³/mol. The minimum Gasteiger partial charge on any atom is -0.480 e. The second-order valence-electron chi connectivity index (χ2n) is 3.71. The molecule has 1 unspecified atom stereocenters. The van der Waals surface area contributed by atoms with Gasteiger partial charge in [0, 0.05) is 18.6 Å². The standard InChI is InChI=1S/C13H15N3O/c1-10(11-5-3-7-14-9-11)16-12-6-4-8-15-13(12)17-2/h3-10,16H,1-2H3. The van der Waals surface area contributed by atoms with Crippen LogP contribution in [-0.2, 0) is 0 Å². The first-order valence-electron chi connectivity index (χ1n) is 5.46. The second kappa shape index (κ2) is 5.30. The number of aromatic nitrogens is 2. The first kappa shape index (κ1) is 11.4. The minimum absolute atomic E-state index is 0.154. The maximum absolute atomic E-state index is 5.19. The van der Waals surface area contributed by atoms with Gasteiger partial charge in [0.05, 0.1) is 18.8 Å². The van der Waals surface area contributed by atoms with Crippen molar-refractivity contribution in [2.75, 3.05) is 12.4 Å². The van der Waals surface area contributed by atoms with Gasteiger partial charge in [-0.2, -0.15) is 0 Å². The van der Waals surface area contributed by atoms with Gasteiger partial charge in [0.1, 0.15) is 0 Å². The van der Waals surface area contributed by atoms with Gasteiger partial charge < -0.3 is 10.1 Å². The van der Waals surface area contributed by atoms with Crippen LogP contribution in [0.25, 0.3) is 0 Å². The molecule has 0 saturated heterocycles. The smallest absolute Gasteiger partial charge is 0.237 e. The summed E-state index contributed by atoms with van der Waals surface area (Å²) in [6.07, 6.45) is 5.32. The molecule has 88 valence electrons. The Morgan fingerprint density at radius 3 is 2.76 bits per heavy atom. The van der Waals surface area contributed by atoms with E-state index in [1.54, 1.807) is 19.5 Å². The normalized spacial score (nSPS) is 11.9. The lowest BCUT2D eigenvalue weighted by Crippen LogP contribution is -2.08. The zero-order valence-corrected chi connectivity index (χ0v) is 9.92. The number of pyridine rings is 2. The van der Waals surface area contributed by atoms with Crippen molar-refractivity contribution in [2.45, 2.75) is 13.0 Å². The third-order valence-corrected chi connectivity index (χ3v) is 2.52. The van der Waals surface area contributed by atoms with Crippen molar-refractivity contribution >= 4 is 5.69 Å². The van der Waals surface area contributed by atoms with Gasteiger partial charge in [-0.05, 0) is 30.7 Å². The van der Waals surface area contributed by atoms with Crippen LogP contribution in [0, 0.1) is 0 Å². The summed E-state index contributed by atoms with van der Waals surface area (Å²) in [5.41, 5.74) is 2.00. The summed E-state index contributed by atoms with van der Waals surface area (Å²) in [6, 6.07) is 7.93. The molecule has 2 rings (SSSR count). The molecule has 0 radical (unpaired) electrons. The molecule has 0 amide bonds. The molecule has 4 nitrogen and oxygen atoms in total. The van der Waals surface area contributed by atoms with Crippen LogP contribution in [0.2, 0.25) is 0 Å². The van der Waals surface area contributed by atoms with Gasteiger partial charge in [-0.25, -0.2) is 4.98 Å². The van der Waals surface area contributed by atoms with Crippen LogP contribution >= 0.6 is 0 Å². The van der Waals surface area contributed by atoms with Gasteiger partial charge >= 0.3 is 0 Å². The highest BCUT2D eigenvalue weighted by atomic mass is 16.5. The fourth-order valence-electron chi connectivity index (χ4n) is 1.61. The van der Waals surface area contributed by atoms with Gasteiger partial charge in [0.2, 0.25) is 5.88 Å². The fourth-order valence-corrected chi connectivity index (χ4v) is 1.61. The summed E-state index contributed by atoms with van der Waals surface area (Å²) < 4.78 is 5.19. The molecule has 2 heterocycles. The zero-order valence-electron chi connectivity index (χ0n) is 9.92. The lowest BCUT2D eigenvalue weighted by molar-refractivity contribution is 0.399. The third kappa shape index (κ3) is 2.72. The van der Waals surface area contributed by atoms with Crippen LogP contribution in [0.4, 0.5) is 5.69 Å². The Morgan fingerprint density at radius 2 is 2.06 bits per heavy atom.